The molecule has 2 aliphatic heterocycles. The predicted molar refractivity (Wildman–Crippen MR) is 197 cm³/mol. The first-order valence-corrected chi connectivity index (χ1v) is 16.7. The molecule has 2 aromatic heterocycles. The second-order valence-electron chi connectivity index (χ2n) is 13.5. The summed E-state index contributed by atoms with van der Waals surface area (Å²) in [4.78, 5) is 2.51. The van der Waals surface area contributed by atoms with E-state index in [2.05, 4.69) is 169 Å². The lowest BCUT2D eigenvalue weighted by atomic mass is 9.61. The van der Waals surface area contributed by atoms with Crippen molar-refractivity contribution in [3.8, 4) is 11.5 Å². The number of nitrogens with zero attached hydrogens (tertiary/aromatic N) is 2. The molecule has 226 valence electrons. The summed E-state index contributed by atoms with van der Waals surface area (Å²) in [5, 5.41) is 5.11. The molecule has 48 heavy (non-hydrogen) atoms. The van der Waals surface area contributed by atoms with Gasteiger partial charge >= 0.3 is 0 Å². The van der Waals surface area contributed by atoms with Crippen LogP contribution in [0, 0.1) is 13.8 Å². The van der Waals surface area contributed by atoms with Gasteiger partial charge < -0.3 is 14.0 Å². The number of hydrogen-bond donors (Lipinski definition) is 0. The first-order valence-electron chi connectivity index (χ1n) is 16.7. The maximum Gasteiger partial charge on any atom is 0.132 e. The Kier molecular flexibility index (Phi) is 4.91. The predicted octanol–water partition coefficient (Wildman–Crippen LogP) is 11.7. The summed E-state index contributed by atoms with van der Waals surface area (Å²) in [5.74, 6) is 1.81. The van der Waals surface area contributed by atoms with E-state index in [1.807, 2.05) is 0 Å². The van der Waals surface area contributed by atoms with Gasteiger partial charge in [-0.3, -0.25) is 0 Å². The van der Waals surface area contributed by atoms with E-state index < -0.39 is 5.41 Å². The molecule has 0 N–H and O–H groups in total. The number of rotatable bonds is 1. The number of anilines is 3. The Balaban J connectivity index is 1.31. The fourth-order valence-corrected chi connectivity index (χ4v) is 8.98. The number of aromatic nitrogens is 1. The number of benzene rings is 7. The van der Waals surface area contributed by atoms with Crippen molar-refractivity contribution in [2.24, 2.45) is 0 Å². The van der Waals surface area contributed by atoms with E-state index in [0.29, 0.717) is 0 Å². The molecule has 0 fully saturated rings. The Morgan fingerprint density at radius 1 is 0.458 bits per heavy atom. The number of fused-ring (bicyclic) bond motifs is 14. The second-order valence-corrected chi connectivity index (χ2v) is 13.5. The molecule has 0 atom stereocenters. The van der Waals surface area contributed by atoms with Crippen molar-refractivity contribution in [3.63, 3.8) is 0 Å². The Morgan fingerprint density at radius 2 is 0.938 bits per heavy atom. The van der Waals surface area contributed by atoms with E-state index in [4.69, 9.17) is 4.74 Å². The van der Waals surface area contributed by atoms with Crippen LogP contribution in [0.15, 0.2) is 146 Å². The Hall–Kier alpha value is -6.06. The zero-order valence-electron chi connectivity index (χ0n) is 26.7. The van der Waals surface area contributed by atoms with Gasteiger partial charge in [-0.25, -0.2) is 0 Å². The topological polar surface area (TPSA) is 16.9 Å². The maximum atomic E-state index is 6.64. The van der Waals surface area contributed by atoms with Gasteiger partial charge in [-0.15, -0.1) is 0 Å². The third kappa shape index (κ3) is 3.09. The lowest BCUT2D eigenvalue weighted by Crippen LogP contribution is -2.39. The molecule has 9 aromatic rings. The van der Waals surface area contributed by atoms with Gasteiger partial charge in [0.05, 0.1) is 33.3 Å². The highest BCUT2D eigenvalue weighted by atomic mass is 16.5. The van der Waals surface area contributed by atoms with Crippen LogP contribution in [0.5, 0.6) is 11.5 Å². The summed E-state index contributed by atoms with van der Waals surface area (Å²) in [7, 11) is 0. The molecule has 3 nitrogen and oxygen atoms in total. The van der Waals surface area contributed by atoms with Crippen LogP contribution in [-0.2, 0) is 5.41 Å². The van der Waals surface area contributed by atoms with Crippen molar-refractivity contribution >= 4 is 55.2 Å². The molecule has 4 heterocycles. The van der Waals surface area contributed by atoms with Gasteiger partial charge in [0.2, 0.25) is 0 Å². The van der Waals surface area contributed by atoms with Gasteiger partial charge in [-0.1, -0.05) is 108 Å². The van der Waals surface area contributed by atoms with Crippen LogP contribution in [0.25, 0.3) is 38.1 Å². The average Bonchev–Trinajstić information content (AvgIpc) is 3.64. The third-order valence-electron chi connectivity index (χ3n) is 10.8. The van der Waals surface area contributed by atoms with Gasteiger partial charge in [0, 0.05) is 38.4 Å². The fraction of sp³-hybridized carbons (Fsp3) is 0.0667. The van der Waals surface area contributed by atoms with Crippen molar-refractivity contribution in [2.75, 3.05) is 4.90 Å². The molecule has 0 amide bonds. The molecular formula is C45H30N2O. The van der Waals surface area contributed by atoms with Gasteiger partial charge in [0.1, 0.15) is 11.5 Å². The van der Waals surface area contributed by atoms with Gasteiger partial charge in [0.15, 0.2) is 0 Å². The summed E-state index contributed by atoms with van der Waals surface area (Å²) in [6, 6.07) is 53.7. The molecule has 1 spiro atoms. The Morgan fingerprint density at radius 3 is 1.48 bits per heavy atom. The van der Waals surface area contributed by atoms with E-state index in [1.165, 1.54) is 82.9 Å². The van der Waals surface area contributed by atoms with E-state index in [1.54, 1.807) is 0 Å². The van der Waals surface area contributed by atoms with Gasteiger partial charge in [-0.2, -0.15) is 0 Å². The van der Waals surface area contributed by atoms with Crippen molar-refractivity contribution in [2.45, 2.75) is 19.3 Å². The van der Waals surface area contributed by atoms with E-state index in [-0.39, 0.29) is 0 Å². The van der Waals surface area contributed by atoms with Crippen molar-refractivity contribution in [1.82, 2.24) is 4.40 Å². The molecule has 0 radical (unpaired) electrons. The van der Waals surface area contributed by atoms with Crippen molar-refractivity contribution in [1.29, 1.82) is 0 Å². The lowest BCUT2D eigenvalue weighted by Gasteiger charge is -2.49. The fourth-order valence-electron chi connectivity index (χ4n) is 8.98. The van der Waals surface area contributed by atoms with Crippen molar-refractivity contribution < 1.29 is 4.74 Å². The number of hydrogen-bond acceptors (Lipinski definition) is 2. The quantitative estimate of drug-likeness (QED) is 0.183. The largest absolute Gasteiger partial charge is 0.457 e. The molecule has 0 saturated heterocycles. The van der Waals surface area contributed by atoms with E-state index >= 15 is 0 Å². The molecule has 3 heteroatoms. The Labute approximate surface area is 278 Å². The highest BCUT2D eigenvalue weighted by Crippen LogP contribution is 2.63. The monoisotopic (exact) mass is 614 g/mol. The first kappa shape index (κ1) is 26.1. The lowest BCUT2D eigenvalue weighted by molar-refractivity contribution is 0.434. The normalized spacial score (nSPS) is 14.3. The zero-order chi connectivity index (χ0) is 31.7. The van der Waals surface area contributed by atoms with Gasteiger partial charge in [0.25, 0.3) is 0 Å². The smallest absolute Gasteiger partial charge is 0.132 e. The molecule has 2 aliphatic rings. The van der Waals surface area contributed by atoms with Crippen LogP contribution in [0.4, 0.5) is 17.1 Å². The van der Waals surface area contributed by atoms with Crippen LogP contribution >= 0.6 is 0 Å². The average molecular weight is 615 g/mol. The van der Waals surface area contributed by atoms with E-state index in [0.717, 1.165) is 17.2 Å². The van der Waals surface area contributed by atoms with Gasteiger partial charge in [-0.05, 0) is 73.5 Å². The summed E-state index contributed by atoms with van der Waals surface area (Å²) < 4.78 is 9.09. The molecule has 11 rings (SSSR count). The maximum absolute atomic E-state index is 6.64. The number of para-hydroxylation sites is 4. The second kappa shape index (κ2) is 9.05. The number of ether oxygens (including phenoxy) is 1. The standard InChI is InChI=1S/C45H30N2O/c1-27-19-21-40-36(23-27)45(34-13-5-9-17-42(34)48-43-18-10-6-14-35(43)45)37-24-28(2)20-22-41(37)46(40)29-25-32-30-11-3-7-15-38(30)47-39-16-8-4-12-31(39)33(26-29)44(32)47/h3-26H,1-2H3. The number of aryl methyl sites for hydroxylation is 2. The summed E-state index contributed by atoms with van der Waals surface area (Å²) >= 11 is 0. The minimum absolute atomic E-state index is 0.561. The minimum atomic E-state index is -0.561. The Bertz CT molecular complexity index is 2620. The van der Waals surface area contributed by atoms with Crippen LogP contribution in [0.2, 0.25) is 0 Å². The van der Waals surface area contributed by atoms with Crippen LogP contribution in [-0.4, -0.2) is 4.40 Å². The molecular weight excluding hydrogens is 585 g/mol. The van der Waals surface area contributed by atoms with Crippen LogP contribution < -0.4 is 9.64 Å². The molecule has 0 saturated carbocycles. The van der Waals surface area contributed by atoms with Crippen LogP contribution in [0.1, 0.15) is 33.4 Å². The molecule has 0 bridgehead atoms. The molecule has 0 unspecified atom stereocenters. The van der Waals surface area contributed by atoms with E-state index in [9.17, 15) is 0 Å². The summed E-state index contributed by atoms with van der Waals surface area (Å²) in [5.41, 5.74) is 14.1. The summed E-state index contributed by atoms with van der Waals surface area (Å²) in [6.07, 6.45) is 0. The minimum Gasteiger partial charge on any atom is -0.457 e. The molecule has 7 aromatic carbocycles. The first-order chi connectivity index (χ1) is 23.6. The third-order valence-corrected chi connectivity index (χ3v) is 10.8. The SMILES string of the molecule is Cc1ccc2c(c1)C1(c3ccccc3Oc3ccccc31)c1cc(C)ccc1N2c1cc2c3ccccc3n3c4ccccc4c(c1)c23. The highest BCUT2D eigenvalue weighted by molar-refractivity contribution is 6.24. The summed E-state index contributed by atoms with van der Waals surface area (Å²) in [6.45, 7) is 4.42. The van der Waals surface area contributed by atoms with Crippen LogP contribution in [0.3, 0.4) is 0 Å². The zero-order valence-corrected chi connectivity index (χ0v) is 26.7. The molecule has 0 aliphatic carbocycles. The highest BCUT2D eigenvalue weighted by Gasteiger charge is 2.51. The van der Waals surface area contributed by atoms with Crippen molar-refractivity contribution in [3.05, 3.63) is 179 Å².